The third-order valence-corrected chi connectivity index (χ3v) is 5.00. The van der Waals surface area contributed by atoms with Crippen LogP contribution in [0, 0.1) is 0 Å². The molecule has 1 aromatic rings. The summed E-state index contributed by atoms with van der Waals surface area (Å²) in [5.74, 6) is 1.35. The number of aryl methyl sites for hydroxylation is 1. The molecule has 2 heteroatoms. The summed E-state index contributed by atoms with van der Waals surface area (Å²) in [5.41, 5.74) is 1.45. The van der Waals surface area contributed by atoms with Gasteiger partial charge in [-0.05, 0) is 50.5 Å². The predicted octanol–water partition coefficient (Wildman–Crippen LogP) is 3.49. The summed E-state index contributed by atoms with van der Waals surface area (Å²) in [4.78, 5) is 0. The molecule has 0 aromatic heterocycles. The van der Waals surface area contributed by atoms with Crippen LogP contribution in [0.25, 0.3) is 0 Å². The van der Waals surface area contributed by atoms with Crippen molar-refractivity contribution in [1.82, 2.24) is 5.32 Å². The van der Waals surface area contributed by atoms with Gasteiger partial charge in [0.05, 0.1) is 0 Å². The molecule has 0 aliphatic carbocycles. The fraction of sp³-hybridized carbons (Fsp3) is 0.600. The molecule has 2 rings (SSSR count). The molecule has 1 N–H and O–H groups in total. The molecule has 1 aliphatic heterocycles. The van der Waals surface area contributed by atoms with E-state index in [1.165, 1.54) is 43.5 Å². The van der Waals surface area contributed by atoms with Gasteiger partial charge in [-0.15, -0.1) is 0 Å². The minimum atomic E-state index is 0.507. The highest BCUT2D eigenvalue weighted by Gasteiger charge is 2.28. The normalized spacial score (nSPS) is 24.1. The van der Waals surface area contributed by atoms with Gasteiger partial charge in [0, 0.05) is 11.3 Å². The van der Waals surface area contributed by atoms with Crippen LogP contribution in [0.3, 0.4) is 0 Å². The van der Waals surface area contributed by atoms with Crippen LogP contribution in [0.1, 0.15) is 31.7 Å². The van der Waals surface area contributed by atoms with Gasteiger partial charge in [0.25, 0.3) is 0 Å². The Kier molecular flexibility index (Phi) is 4.93. The van der Waals surface area contributed by atoms with E-state index in [9.17, 15) is 0 Å². The van der Waals surface area contributed by atoms with Crippen molar-refractivity contribution in [2.24, 2.45) is 0 Å². The van der Waals surface area contributed by atoms with E-state index < -0.39 is 0 Å². The van der Waals surface area contributed by atoms with Crippen LogP contribution >= 0.6 is 11.8 Å². The van der Waals surface area contributed by atoms with E-state index in [1.54, 1.807) is 0 Å². The van der Waals surface area contributed by atoms with Crippen LogP contribution in [0.5, 0.6) is 0 Å². The van der Waals surface area contributed by atoms with Crippen molar-refractivity contribution in [1.29, 1.82) is 0 Å². The van der Waals surface area contributed by atoms with E-state index in [4.69, 9.17) is 0 Å². The lowest BCUT2D eigenvalue weighted by Gasteiger charge is -2.22. The molecule has 0 spiro atoms. The molecule has 0 radical (unpaired) electrons. The quantitative estimate of drug-likeness (QED) is 0.775. The first kappa shape index (κ1) is 13.0. The van der Waals surface area contributed by atoms with Gasteiger partial charge < -0.3 is 5.32 Å². The second-order valence-corrected chi connectivity index (χ2v) is 6.85. The maximum absolute atomic E-state index is 3.62. The third-order valence-electron chi connectivity index (χ3n) is 3.46. The van der Waals surface area contributed by atoms with Gasteiger partial charge in [-0.3, -0.25) is 0 Å². The first-order valence-electron chi connectivity index (χ1n) is 6.67. The highest BCUT2D eigenvalue weighted by atomic mass is 32.2. The van der Waals surface area contributed by atoms with Crippen LogP contribution in [-0.4, -0.2) is 23.6 Å². The number of hydrogen-bond donors (Lipinski definition) is 1. The molecule has 0 amide bonds. The van der Waals surface area contributed by atoms with Crippen molar-refractivity contribution in [3.8, 4) is 0 Å². The van der Waals surface area contributed by atoms with Crippen LogP contribution in [0.15, 0.2) is 30.3 Å². The average Bonchev–Trinajstić information content (AvgIpc) is 2.77. The molecule has 1 fully saturated rings. The number of benzene rings is 1. The molecule has 1 aromatic carbocycles. The number of nitrogens with one attached hydrogen (secondary N) is 1. The van der Waals surface area contributed by atoms with Crippen LogP contribution in [0.4, 0.5) is 0 Å². The average molecular weight is 249 g/mol. The maximum Gasteiger partial charge on any atom is 0.0256 e. The van der Waals surface area contributed by atoms with Crippen molar-refractivity contribution < 1.29 is 0 Å². The number of thioether (sulfide) groups is 1. The van der Waals surface area contributed by atoms with E-state index in [2.05, 4.69) is 54.3 Å². The molecule has 0 bridgehead atoms. The lowest BCUT2D eigenvalue weighted by atomic mass is 10.1. The summed E-state index contributed by atoms with van der Waals surface area (Å²) in [6.07, 6.45) is 5.21. The summed E-state index contributed by atoms with van der Waals surface area (Å²) in [6.45, 7) is 4.71. The molecule has 1 aliphatic rings. The highest BCUT2D eigenvalue weighted by Crippen LogP contribution is 2.36. The van der Waals surface area contributed by atoms with Crippen molar-refractivity contribution >= 4 is 11.8 Å². The second-order valence-electron chi connectivity index (χ2n) is 5.17. The minimum Gasteiger partial charge on any atom is -0.315 e. The van der Waals surface area contributed by atoms with E-state index in [0.29, 0.717) is 4.75 Å². The Hall–Kier alpha value is -0.470. The SMILES string of the molecule is CC1(CNCCCc2ccccc2)CCCS1. The first-order valence-corrected chi connectivity index (χ1v) is 7.66. The Bertz CT molecular complexity index is 317. The van der Waals surface area contributed by atoms with Gasteiger partial charge in [-0.25, -0.2) is 0 Å². The molecule has 1 saturated heterocycles. The van der Waals surface area contributed by atoms with Gasteiger partial charge >= 0.3 is 0 Å². The molecular formula is C15H23NS. The monoisotopic (exact) mass is 249 g/mol. The molecule has 1 unspecified atom stereocenters. The Morgan fingerprint density at radius 2 is 2.12 bits per heavy atom. The number of hydrogen-bond acceptors (Lipinski definition) is 2. The fourth-order valence-electron chi connectivity index (χ4n) is 2.39. The van der Waals surface area contributed by atoms with Gasteiger partial charge in [-0.2, -0.15) is 11.8 Å². The van der Waals surface area contributed by atoms with Gasteiger partial charge in [-0.1, -0.05) is 30.3 Å². The Morgan fingerprint density at radius 3 is 2.82 bits per heavy atom. The summed E-state index contributed by atoms with van der Waals surface area (Å²) in [7, 11) is 0. The van der Waals surface area contributed by atoms with E-state index in [0.717, 1.165) is 6.54 Å². The first-order chi connectivity index (χ1) is 8.29. The van der Waals surface area contributed by atoms with Crippen molar-refractivity contribution in [2.75, 3.05) is 18.8 Å². The molecule has 1 atom stereocenters. The van der Waals surface area contributed by atoms with Crippen molar-refractivity contribution in [3.05, 3.63) is 35.9 Å². The lowest BCUT2D eigenvalue weighted by molar-refractivity contribution is 0.530. The summed E-state index contributed by atoms with van der Waals surface area (Å²) >= 11 is 2.14. The summed E-state index contributed by atoms with van der Waals surface area (Å²) in [5, 5.41) is 3.62. The highest BCUT2D eigenvalue weighted by molar-refractivity contribution is 8.00. The maximum atomic E-state index is 3.62. The largest absolute Gasteiger partial charge is 0.315 e. The van der Waals surface area contributed by atoms with Crippen LogP contribution in [0.2, 0.25) is 0 Å². The van der Waals surface area contributed by atoms with Crippen LogP contribution < -0.4 is 5.32 Å². The second kappa shape index (κ2) is 6.46. The molecule has 17 heavy (non-hydrogen) atoms. The van der Waals surface area contributed by atoms with Gasteiger partial charge in [0.15, 0.2) is 0 Å². The number of rotatable bonds is 6. The predicted molar refractivity (Wildman–Crippen MR) is 77.7 cm³/mol. The van der Waals surface area contributed by atoms with E-state index >= 15 is 0 Å². The smallest absolute Gasteiger partial charge is 0.0256 e. The zero-order valence-electron chi connectivity index (χ0n) is 10.7. The topological polar surface area (TPSA) is 12.0 Å². The van der Waals surface area contributed by atoms with E-state index in [-0.39, 0.29) is 0 Å². The zero-order valence-corrected chi connectivity index (χ0v) is 11.6. The Balaban J connectivity index is 1.58. The Morgan fingerprint density at radius 1 is 1.29 bits per heavy atom. The lowest BCUT2D eigenvalue weighted by Crippen LogP contribution is -2.33. The molecule has 0 saturated carbocycles. The molecular weight excluding hydrogens is 226 g/mol. The van der Waals surface area contributed by atoms with Crippen molar-refractivity contribution in [3.63, 3.8) is 0 Å². The molecule has 1 nitrogen and oxygen atoms in total. The van der Waals surface area contributed by atoms with E-state index in [1.807, 2.05) is 0 Å². The Labute approximate surface area is 109 Å². The summed E-state index contributed by atoms with van der Waals surface area (Å²) in [6, 6.07) is 10.8. The standard InChI is InChI=1S/C15H23NS/c1-15(10-6-12-17-15)13-16-11-5-9-14-7-3-2-4-8-14/h2-4,7-8,16H,5-6,9-13H2,1H3. The minimum absolute atomic E-state index is 0.507. The van der Waals surface area contributed by atoms with Gasteiger partial charge in [0.1, 0.15) is 0 Å². The fourth-order valence-corrected chi connectivity index (χ4v) is 3.67. The molecule has 94 valence electrons. The van der Waals surface area contributed by atoms with Crippen molar-refractivity contribution in [2.45, 2.75) is 37.4 Å². The zero-order chi connectivity index (χ0) is 12.0. The summed E-state index contributed by atoms with van der Waals surface area (Å²) < 4.78 is 0.507. The molecule has 1 heterocycles. The van der Waals surface area contributed by atoms with Gasteiger partial charge in [0.2, 0.25) is 0 Å². The van der Waals surface area contributed by atoms with Crippen LogP contribution in [-0.2, 0) is 6.42 Å². The third kappa shape index (κ3) is 4.36.